The fourth-order valence-electron chi connectivity index (χ4n) is 1.96. The summed E-state index contributed by atoms with van der Waals surface area (Å²) in [6, 6.07) is 2.79. The van der Waals surface area contributed by atoms with Crippen LogP contribution in [0, 0.1) is 11.6 Å². The van der Waals surface area contributed by atoms with E-state index in [1.165, 1.54) is 12.1 Å². The summed E-state index contributed by atoms with van der Waals surface area (Å²) in [4.78, 5) is 0. The number of nitrogens with two attached hydrogens (primary N) is 1. The van der Waals surface area contributed by atoms with Crippen molar-refractivity contribution in [3.63, 3.8) is 0 Å². The molecular formula is C12H13BrF2N4. The normalized spacial score (nSPS) is 12.7. The van der Waals surface area contributed by atoms with Crippen molar-refractivity contribution in [1.82, 2.24) is 15.2 Å². The highest BCUT2D eigenvalue weighted by Crippen LogP contribution is 2.29. The third-order valence-corrected chi connectivity index (χ3v) is 3.46. The molecule has 19 heavy (non-hydrogen) atoms. The largest absolute Gasteiger partial charge is 0.271 e. The van der Waals surface area contributed by atoms with Gasteiger partial charge in [0, 0.05) is 18.2 Å². The van der Waals surface area contributed by atoms with Crippen molar-refractivity contribution in [3.8, 4) is 0 Å². The number of nitrogens with zero attached hydrogens (tertiary/aromatic N) is 2. The molecule has 0 spiro atoms. The van der Waals surface area contributed by atoms with Gasteiger partial charge in [-0.3, -0.25) is 10.5 Å². The molecule has 0 saturated heterocycles. The molecule has 4 nitrogen and oxygen atoms in total. The van der Waals surface area contributed by atoms with E-state index in [0.29, 0.717) is 16.7 Å². The summed E-state index contributed by atoms with van der Waals surface area (Å²) in [5, 5.41) is 4.15. The van der Waals surface area contributed by atoms with Gasteiger partial charge in [0.25, 0.3) is 0 Å². The minimum Gasteiger partial charge on any atom is -0.271 e. The monoisotopic (exact) mass is 330 g/mol. The Hall–Kier alpha value is -1.31. The number of hydrogen-bond acceptors (Lipinski definition) is 3. The highest BCUT2D eigenvalue weighted by atomic mass is 79.9. The second kappa shape index (κ2) is 5.77. The van der Waals surface area contributed by atoms with Crippen LogP contribution in [0.2, 0.25) is 0 Å². The molecule has 0 aliphatic carbocycles. The maximum Gasteiger partial charge on any atom is 0.131 e. The molecule has 0 aliphatic rings. The van der Waals surface area contributed by atoms with Crippen molar-refractivity contribution in [2.75, 3.05) is 0 Å². The molecular weight excluding hydrogens is 318 g/mol. The van der Waals surface area contributed by atoms with Gasteiger partial charge in [-0.1, -0.05) is 6.07 Å². The van der Waals surface area contributed by atoms with E-state index in [-0.39, 0.29) is 5.56 Å². The molecule has 1 atom stereocenters. The van der Waals surface area contributed by atoms with Crippen LogP contribution in [0.3, 0.4) is 0 Å². The summed E-state index contributed by atoms with van der Waals surface area (Å²) < 4.78 is 29.2. The summed E-state index contributed by atoms with van der Waals surface area (Å²) in [6.45, 7) is 2.53. The first-order chi connectivity index (χ1) is 9.08. The molecule has 0 fully saturated rings. The Morgan fingerprint density at radius 2 is 2.21 bits per heavy atom. The fraction of sp³-hybridized carbons (Fsp3) is 0.250. The molecule has 2 rings (SSSR count). The van der Waals surface area contributed by atoms with Crippen LogP contribution >= 0.6 is 15.9 Å². The van der Waals surface area contributed by atoms with Crippen molar-refractivity contribution in [1.29, 1.82) is 0 Å². The first-order valence-corrected chi connectivity index (χ1v) is 6.50. The van der Waals surface area contributed by atoms with Crippen molar-refractivity contribution in [3.05, 3.63) is 51.8 Å². The minimum absolute atomic E-state index is 0.264. The maximum atomic E-state index is 13.9. The van der Waals surface area contributed by atoms with Crippen LogP contribution in [0.1, 0.15) is 24.2 Å². The van der Waals surface area contributed by atoms with Gasteiger partial charge in [0.1, 0.15) is 11.6 Å². The van der Waals surface area contributed by atoms with Crippen LogP contribution < -0.4 is 11.3 Å². The molecule has 2 aromatic rings. The number of hydrogen-bond donors (Lipinski definition) is 2. The van der Waals surface area contributed by atoms with Gasteiger partial charge in [-0.2, -0.15) is 5.10 Å². The molecule has 0 saturated carbocycles. The third-order valence-electron chi connectivity index (χ3n) is 2.85. The SMILES string of the molecule is CCn1ncc(Br)c1C(NN)c1ccc(F)cc1F. The summed E-state index contributed by atoms with van der Waals surface area (Å²) in [6.07, 6.45) is 1.62. The predicted octanol–water partition coefficient (Wildman–Crippen LogP) is 2.50. The van der Waals surface area contributed by atoms with E-state index >= 15 is 0 Å². The zero-order valence-electron chi connectivity index (χ0n) is 10.2. The number of halogens is 3. The number of aromatic nitrogens is 2. The molecule has 1 unspecified atom stereocenters. The van der Waals surface area contributed by atoms with Crippen molar-refractivity contribution in [2.45, 2.75) is 19.5 Å². The second-order valence-corrected chi connectivity index (χ2v) is 4.81. The quantitative estimate of drug-likeness (QED) is 0.669. The van der Waals surface area contributed by atoms with Crippen molar-refractivity contribution in [2.24, 2.45) is 5.84 Å². The van der Waals surface area contributed by atoms with Crippen molar-refractivity contribution >= 4 is 15.9 Å². The Balaban J connectivity index is 2.52. The molecule has 102 valence electrons. The highest BCUT2D eigenvalue weighted by molar-refractivity contribution is 9.10. The third kappa shape index (κ3) is 2.68. The minimum atomic E-state index is -0.654. The predicted molar refractivity (Wildman–Crippen MR) is 71.1 cm³/mol. The summed E-state index contributed by atoms with van der Waals surface area (Å²) >= 11 is 3.36. The first kappa shape index (κ1) is 14.1. The first-order valence-electron chi connectivity index (χ1n) is 5.70. The van der Waals surface area contributed by atoms with Crippen LogP contribution in [0.25, 0.3) is 0 Å². The molecule has 0 amide bonds. The molecule has 0 bridgehead atoms. The molecule has 1 heterocycles. The Morgan fingerprint density at radius 3 is 2.79 bits per heavy atom. The zero-order chi connectivity index (χ0) is 14.0. The van der Waals surface area contributed by atoms with Gasteiger partial charge in [-0.05, 0) is 28.9 Å². The number of benzene rings is 1. The van der Waals surface area contributed by atoms with Crippen LogP contribution in [0.4, 0.5) is 8.78 Å². The number of rotatable bonds is 4. The molecule has 1 aromatic heterocycles. The van der Waals surface area contributed by atoms with Gasteiger partial charge >= 0.3 is 0 Å². The topological polar surface area (TPSA) is 55.9 Å². The van der Waals surface area contributed by atoms with E-state index in [1.54, 1.807) is 10.9 Å². The maximum absolute atomic E-state index is 13.9. The Morgan fingerprint density at radius 1 is 1.47 bits per heavy atom. The Kier molecular flexibility index (Phi) is 4.28. The lowest BCUT2D eigenvalue weighted by Crippen LogP contribution is -2.31. The van der Waals surface area contributed by atoms with Crippen LogP contribution in [0.5, 0.6) is 0 Å². The van der Waals surface area contributed by atoms with Gasteiger partial charge in [0.15, 0.2) is 0 Å². The van der Waals surface area contributed by atoms with Crippen molar-refractivity contribution < 1.29 is 8.78 Å². The van der Waals surface area contributed by atoms with Gasteiger partial charge in [0.2, 0.25) is 0 Å². The molecule has 0 radical (unpaired) electrons. The zero-order valence-corrected chi connectivity index (χ0v) is 11.8. The standard InChI is InChI=1S/C12H13BrF2N4/c1-2-19-12(9(13)6-17-19)11(18-16)8-4-3-7(14)5-10(8)15/h3-6,11,18H,2,16H2,1H3. The summed E-state index contributed by atoms with van der Waals surface area (Å²) in [5.41, 5.74) is 3.50. The number of hydrazine groups is 1. The second-order valence-electron chi connectivity index (χ2n) is 3.96. The van der Waals surface area contributed by atoms with Crippen LogP contribution in [-0.4, -0.2) is 9.78 Å². The van der Waals surface area contributed by atoms with E-state index in [0.717, 1.165) is 6.07 Å². The van der Waals surface area contributed by atoms with E-state index in [2.05, 4.69) is 26.5 Å². The van der Waals surface area contributed by atoms with Crippen LogP contribution in [-0.2, 0) is 6.54 Å². The van der Waals surface area contributed by atoms with Crippen LogP contribution in [0.15, 0.2) is 28.9 Å². The lowest BCUT2D eigenvalue weighted by molar-refractivity contribution is 0.508. The Bertz CT molecular complexity index is 585. The molecule has 0 aliphatic heterocycles. The van der Waals surface area contributed by atoms with E-state index < -0.39 is 17.7 Å². The summed E-state index contributed by atoms with van der Waals surface area (Å²) in [7, 11) is 0. The molecule has 1 aromatic carbocycles. The lowest BCUT2D eigenvalue weighted by Gasteiger charge is -2.19. The number of nitrogens with one attached hydrogen (secondary N) is 1. The fourth-order valence-corrected chi connectivity index (χ4v) is 2.49. The van der Waals surface area contributed by atoms with E-state index in [9.17, 15) is 8.78 Å². The molecule has 7 heteroatoms. The Labute approximate surface area is 117 Å². The van der Waals surface area contributed by atoms with E-state index in [4.69, 9.17) is 5.84 Å². The number of aryl methyl sites for hydroxylation is 1. The smallest absolute Gasteiger partial charge is 0.131 e. The van der Waals surface area contributed by atoms with Gasteiger partial charge in [0.05, 0.1) is 22.4 Å². The average molecular weight is 331 g/mol. The van der Waals surface area contributed by atoms with Gasteiger partial charge in [-0.25, -0.2) is 14.2 Å². The lowest BCUT2D eigenvalue weighted by atomic mass is 10.0. The van der Waals surface area contributed by atoms with E-state index in [1.807, 2.05) is 6.92 Å². The molecule has 3 N–H and O–H groups in total. The van der Waals surface area contributed by atoms with Gasteiger partial charge < -0.3 is 0 Å². The summed E-state index contributed by atoms with van der Waals surface area (Å²) in [5.74, 6) is 4.24. The average Bonchev–Trinajstić information content (AvgIpc) is 2.74. The van der Waals surface area contributed by atoms with Gasteiger partial charge in [-0.15, -0.1) is 0 Å². The highest BCUT2D eigenvalue weighted by Gasteiger charge is 2.23.